The number of hydrogen-bond acceptors (Lipinski definition) is 3. The minimum Gasteiger partial charge on any atom is -0.493 e. The maximum Gasteiger partial charge on any atom is 0.190 e. The largest absolute Gasteiger partial charge is 0.493 e. The van der Waals surface area contributed by atoms with E-state index in [0.717, 1.165) is 37.0 Å². The molecule has 5 nitrogen and oxygen atoms in total. The first-order valence-electron chi connectivity index (χ1n) is 7.90. The van der Waals surface area contributed by atoms with Crippen molar-refractivity contribution in [1.29, 1.82) is 0 Å². The van der Waals surface area contributed by atoms with Crippen molar-refractivity contribution >= 4 is 5.96 Å². The summed E-state index contributed by atoms with van der Waals surface area (Å²) in [6.07, 6.45) is 4.55. The molecule has 0 saturated carbocycles. The number of unbranched alkanes of at least 4 members (excludes halogenated alkanes) is 2. The van der Waals surface area contributed by atoms with Gasteiger partial charge < -0.3 is 20.1 Å². The Morgan fingerprint density at radius 2 is 1.77 bits per heavy atom. The van der Waals surface area contributed by atoms with Gasteiger partial charge in [0.05, 0.1) is 14.2 Å². The van der Waals surface area contributed by atoms with Crippen LogP contribution in [0.15, 0.2) is 23.2 Å². The molecular formula is C17H29N3O2. The van der Waals surface area contributed by atoms with Gasteiger partial charge in [-0.25, -0.2) is 0 Å². The summed E-state index contributed by atoms with van der Waals surface area (Å²) in [5, 5.41) is 6.65. The van der Waals surface area contributed by atoms with Crippen molar-refractivity contribution in [2.24, 2.45) is 4.99 Å². The van der Waals surface area contributed by atoms with E-state index < -0.39 is 0 Å². The third-order valence-electron chi connectivity index (χ3n) is 3.45. The lowest BCUT2D eigenvalue weighted by molar-refractivity contribution is 0.354. The smallest absolute Gasteiger partial charge is 0.190 e. The molecule has 0 spiro atoms. The maximum atomic E-state index is 5.32. The lowest BCUT2D eigenvalue weighted by Gasteiger charge is -2.13. The van der Waals surface area contributed by atoms with Gasteiger partial charge in [-0.2, -0.15) is 0 Å². The van der Waals surface area contributed by atoms with E-state index in [4.69, 9.17) is 9.47 Å². The van der Waals surface area contributed by atoms with Gasteiger partial charge >= 0.3 is 0 Å². The predicted molar refractivity (Wildman–Crippen MR) is 92.1 cm³/mol. The lowest BCUT2D eigenvalue weighted by atomic mass is 10.1. The average molecular weight is 307 g/mol. The van der Waals surface area contributed by atoms with Crippen LogP contribution in [0, 0.1) is 0 Å². The molecule has 0 aliphatic heterocycles. The van der Waals surface area contributed by atoms with Gasteiger partial charge in [0.2, 0.25) is 0 Å². The van der Waals surface area contributed by atoms with Gasteiger partial charge in [-0.3, -0.25) is 4.99 Å². The number of nitrogens with one attached hydrogen (secondary N) is 2. The first kappa shape index (κ1) is 18.1. The molecule has 0 aliphatic carbocycles. The van der Waals surface area contributed by atoms with Gasteiger partial charge in [0.1, 0.15) is 0 Å². The maximum absolute atomic E-state index is 5.32. The number of methoxy groups -OCH3 is 2. The summed E-state index contributed by atoms with van der Waals surface area (Å²) in [6.45, 7) is 3.99. The molecule has 124 valence electrons. The van der Waals surface area contributed by atoms with Crippen LogP contribution in [0.4, 0.5) is 0 Å². The molecule has 0 aliphatic rings. The second-order valence-electron chi connectivity index (χ2n) is 5.07. The van der Waals surface area contributed by atoms with Crippen LogP contribution in [0.5, 0.6) is 11.5 Å². The molecule has 0 fully saturated rings. The number of guanidine groups is 1. The first-order valence-corrected chi connectivity index (χ1v) is 7.90. The van der Waals surface area contributed by atoms with Gasteiger partial charge in [0.15, 0.2) is 17.5 Å². The summed E-state index contributed by atoms with van der Waals surface area (Å²) in [7, 11) is 5.10. The van der Waals surface area contributed by atoms with Crippen LogP contribution in [0.3, 0.4) is 0 Å². The van der Waals surface area contributed by atoms with Crippen molar-refractivity contribution in [2.75, 3.05) is 34.4 Å². The van der Waals surface area contributed by atoms with Crippen LogP contribution in [0.25, 0.3) is 0 Å². The van der Waals surface area contributed by atoms with E-state index in [-0.39, 0.29) is 0 Å². The molecule has 1 aromatic carbocycles. The molecule has 0 bridgehead atoms. The van der Waals surface area contributed by atoms with Crippen molar-refractivity contribution in [1.82, 2.24) is 10.6 Å². The Morgan fingerprint density at radius 3 is 2.41 bits per heavy atom. The molecule has 5 heteroatoms. The van der Waals surface area contributed by atoms with Crippen LogP contribution in [0.2, 0.25) is 0 Å². The Labute approximate surface area is 134 Å². The van der Waals surface area contributed by atoms with Crippen LogP contribution >= 0.6 is 0 Å². The van der Waals surface area contributed by atoms with Crippen molar-refractivity contribution in [3.05, 3.63) is 23.8 Å². The second kappa shape index (κ2) is 10.8. The van der Waals surface area contributed by atoms with Crippen LogP contribution < -0.4 is 20.1 Å². The Bertz CT molecular complexity index is 461. The van der Waals surface area contributed by atoms with E-state index >= 15 is 0 Å². The molecule has 22 heavy (non-hydrogen) atoms. The van der Waals surface area contributed by atoms with Crippen molar-refractivity contribution in [3.63, 3.8) is 0 Å². The fourth-order valence-electron chi connectivity index (χ4n) is 2.16. The Hall–Kier alpha value is -1.91. The molecule has 0 saturated heterocycles. The third-order valence-corrected chi connectivity index (χ3v) is 3.45. The molecule has 0 unspecified atom stereocenters. The van der Waals surface area contributed by atoms with Crippen molar-refractivity contribution in [2.45, 2.75) is 32.6 Å². The summed E-state index contributed by atoms with van der Waals surface area (Å²) in [5.74, 6) is 2.38. The van der Waals surface area contributed by atoms with Gasteiger partial charge in [0.25, 0.3) is 0 Å². The first-order chi connectivity index (χ1) is 10.7. The highest BCUT2D eigenvalue weighted by molar-refractivity contribution is 5.79. The summed E-state index contributed by atoms with van der Waals surface area (Å²) in [5.41, 5.74) is 1.20. The minimum atomic E-state index is 0.757. The summed E-state index contributed by atoms with van der Waals surface area (Å²) in [4.78, 5) is 4.23. The highest BCUT2D eigenvalue weighted by Gasteiger charge is 2.04. The van der Waals surface area contributed by atoms with Crippen molar-refractivity contribution in [3.8, 4) is 11.5 Å². The van der Waals surface area contributed by atoms with Crippen molar-refractivity contribution < 1.29 is 9.47 Å². The molecule has 0 atom stereocenters. The number of nitrogens with zero attached hydrogens (tertiary/aromatic N) is 1. The van der Waals surface area contributed by atoms with Gasteiger partial charge in [0, 0.05) is 20.1 Å². The topological polar surface area (TPSA) is 54.9 Å². The molecule has 0 heterocycles. The number of rotatable bonds is 9. The van der Waals surface area contributed by atoms with Gasteiger partial charge in [-0.15, -0.1) is 0 Å². The van der Waals surface area contributed by atoms with Crippen LogP contribution in [-0.4, -0.2) is 40.3 Å². The summed E-state index contributed by atoms with van der Waals surface area (Å²) < 4.78 is 10.6. The summed E-state index contributed by atoms with van der Waals surface area (Å²) >= 11 is 0. The van der Waals surface area contributed by atoms with E-state index in [1.54, 1.807) is 21.3 Å². The molecule has 0 radical (unpaired) electrons. The molecule has 1 aromatic rings. The molecule has 1 rings (SSSR count). The molecule has 0 amide bonds. The Balaban J connectivity index is 2.39. The van der Waals surface area contributed by atoms with E-state index in [1.807, 2.05) is 12.1 Å². The van der Waals surface area contributed by atoms with Gasteiger partial charge in [-0.05, 0) is 30.5 Å². The number of aliphatic imine (C=N–C) groups is 1. The fourth-order valence-corrected chi connectivity index (χ4v) is 2.16. The third kappa shape index (κ3) is 6.24. The zero-order chi connectivity index (χ0) is 16.2. The van der Waals surface area contributed by atoms with Gasteiger partial charge in [-0.1, -0.05) is 25.8 Å². The number of benzene rings is 1. The summed E-state index contributed by atoms with van der Waals surface area (Å²) in [6, 6.07) is 6.00. The number of ether oxygens (including phenoxy) is 2. The minimum absolute atomic E-state index is 0.757. The van der Waals surface area contributed by atoms with Crippen LogP contribution in [0.1, 0.15) is 31.7 Å². The highest BCUT2D eigenvalue weighted by atomic mass is 16.5. The molecule has 2 N–H and O–H groups in total. The van der Waals surface area contributed by atoms with E-state index in [2.05, 4.69) is 28.6 Å². The monoisotopic (exact) mass is 307 g/mol. The van der Waals surface area contributed by atoms with E-state index in [9.17, 15) is 0 Å². The zero-order valence-electron chi connectivity index (χ0n) is 14.2. The molecular weight excluding hydrogens is 278 g/mol. The van der Waals surface area contributed by atoms with Crippen LogP contribution in [-0.2, 0) is 6.42 Å². The number of hydrogen-bond donors (Lipinski definition) is 2. The highest BCUT2D eigenvalue weighted by Crippen LogP contribution is 2.27. The average Bonchev–Trinajstić information content (AvgIpc) is 2.56. The predicted octanol–water partition coefficient (Wildman–Crippen LogP) is 2.60. The SMILES string of the molecule is CCCCCNC(=NC)NCCc1ccc(OC)c(OC)c1. The standard InChI is InChI=1S/C17H29N3O2/c1-5-6-7-11-19-17(18-2)20-12-10-14-8-9-15(21-3)16(13-14)22-4/h8-9,13H,5-7,10-12H2,1-4H3,(H2,18,19,20). The quantitative estimate of drug-likeness (QED) is 0.418. The lowest BCUT2D eigenvalue weighted by Crippen LogP contribution is -2.38. The Morgan fingerprint density at radius 1 is 1.05 bits per heavy atom. The van der Waals surface area contributed by atoms with E-state index in [1.165, 1.54) is 24.8 Å². The normalized spacial score (nSPS) is 11.2. The second-order valence-corrected chi connectivity index (χ2v) is 5.07. The zero-order valence-corrected chi connectivity index (χ0v) is 14.2. The Kier molecular flexibility index (Phi) is 8.88. The van der Waals surface area contributed by atoms with E-state index in [0.29, 0.717) is 0 Å². The molecule has 0 aromatic heterocycles. The fraction of sp³-hybridized carbons (Fsp3) is 0.588.